The maximum absolute atomic E-state index is 11.1. The molecular formula is C16H13NO3. The molecule has 0 bridgehead atoms. The summed E-state index contributed by atoms with van der Waals surface area (Å²) in [4.78, 5) is 11.1. The minimum absolute atomic E-state index is 0.231. The van der Waals surface area contributed by atoms with Crippen molar-refractivity contribution in [3.05, 3.63) is 65.2 Å². The van der Waals surface area contributed by atoms with E-state index in [1.807, 2.05) is 30.3 Å². The molecule has 0 radical (unpaired) electrons. The summed E-state index contributed by atoms with van der Waals surface area (Å²) in [6, 6.07) is 12.4. The number of benzene rings is 2. The largest absolute Gasteiger partial charge is 0.489 e. The molecule has 1 heterocycles. The van der Waals surface area contributed by atoms with Crippen LogP contribution in [0.15, 0.2) is 48.5 Å². The van der Waals surface area contributed by atoms with Crippen LogP contribution in [0.3, 0.4) is 0 Å². The second kappa shape index (κ2) is 4.74. The summed E-state index contributed by atoms with van der Waals surface area (Å²) < 4.78 is 5.54. The molecule has 2 aromatic rings. The van der Waals surface area contributed by atoms with Crippen LogP contribution in [0.2, 0.25) is 0 Å². The van der Waals surface area contributed by atoms with E-state index in [-0.39, 0.29) is 5.56 Å². The zero-order valence-electron chi connectivity index (χ0n) is 10.7. The van der Waals surface area contributed by atoms with Crippen molar-refractivity contribution in [2.45, 2.75) is 0 Å². The van der Waals surface area contributed by atoms with Crippen LogP contribution in [0, 0.1) is 0 Å². The lowest BCUT2D eigenvalue weighted by molar-refractivity contribution is 0.0697. The van der Waals surface area contributed by atoms with Crippen molar-refractivity contribution in [1.29, 1.82) is 0 Å². The van der Waals surface area contributed by atoms with Gasteiger partial charge in [-0.25, -0.2) is 4.79 Å². The molecule has 0 saturated heterocycles. The molecule has 0 saturated carbocycles. The zero-order valence-corrected chi connectivity index (χ0v) is 10.7. The molecule has 3 rings (SSSR count). The number of anilines is 1. The van der Waals surface area contributed by atoms with Crippen LogP contribution < -0.4 is 10.5 Å². The Morgan fingerprint density at radius 3 is 2.70 bits per heavy atom. The number of nitrogens with two attached hydrogens (primary N) is 1. The van der Waals surface area contributed by atoms with E-state index in [0.717, 1.165) is 16.7 Å². The summed E-state index contributed by atoms with van der Waals surface area (Å²) in [6.45, 7) is 0.448. The van der Waals surface area contributed by atoms with Gasteiger partial charge in [0.25, 0.3) is 0 Å². The molecule has 1 aliphatic heterocycles. The van der Waals surface area contributed by atoms with Crippen LogP contribution >= 0.6 is 0 Å². The number of carboxylic acid groups (broad SMARTS) is 1. The van der Waals surface area contributed by atoms with Gasteiger partial charge in [0.05, 0.1) is 5.56 Å². The number of aromatic carboxylic acids is 1. The maximum atomic E-state index is 11.1. The molecule has 0 aromatic heterocycles. The third kappa shape index (κ3) is 2.01. The Morgan fingerprint density at radius 1 is 1.15 bits per heavy atom. The van der Waals surface area contributed by atoms with Crippen LogP contribution in [0.4, 0.5) is 5.69 Å². The second-order valence-electron chi connectivity index (χ2n) is 4.53. The highest BCUT2D eigenvalue weighted by Gasteiger charge is 2.18. The molecule has 3 N–H and O–H groups in total. The number of carbonyl (C=O) groups is 1. The van der Waals surface area contributed by atoms with Gasteiger partial charge in [0, 0.05) is 16.8 Å². The van der Waals surface area contributed by atoms with Gasteiger partial charge in [0.2, 0.25) is 0 Å². The lowest BCUT2D eigenvalue weighted by Gasteiger charge is -2.20. The zero-order chi connectivity index (χ0) is 14.1. The van der Waals surface area contributed by atoms with Crippen molar-refractivity contribution in [2.24, 2.45) is 0 Å². The lowest BCUT2D eigenvalue weighted by Crippen LogP contribution is -2.08. The van der Waals surface area contributed by atoms with E-state index in [9.17, 15) is 4.79 Å². The smallest absolute Gasteiger partial charge is 0.335 e. The third-order valence-corrected chi connectivity index (χ3v) is 3.29. The first-order valence-corrected chi connectivity index (χ1v) is 6.22. The Kier molecular flexibility index (Phi) is 2.91. The number of hydrogen-bond donors (Lipinski definition) is 2. The first-order chi connectivity index (χ1) is 9.66. The van der Waals surface area contributed by atoms with Gasteiger partial charge < -0.3 is 15.6 Å². The molecule has 0 aliphatic carbocycles. The number of rotatable bonds is 2. The number of carboxylic acids is 1. The van der Waals surface area contributed by atoms with E-state index < -0.39 is 5.97 Å². The predicted octanol–water partition coefficient (Wildman–Crippen LogP) is 2.79. The Bertz CT molecular complexity index is 719. The van der Waals surface area contributed by atoms with Crippen LogP contribution in [0.5, 0.6) is 5.75 Å². The normalized spacial score (nSPS) is 13.1. The monoisotopic (exact) mass is 267 g/mol. The Morgan fingerprint density at radius 2 is 1.95 bits per heavy atom. The fourth-order valence-corrected chi connectivity index (χ4v) is 2.32. The SMILES string of the molecule is Nc1ccccc1C1=CCOc2ccc(C(=O)O)cc21. The molecule has 0 atom stereocenters. The van der Waals surface area contributed by atoms with Crippen LogP contribution in [0.1, 0.15) is 21.5 Å². The summed E-state index contributed by atoms with van der Waals surface area (Å²) in [6.07, 6.45) is 1.92. The lowest BCUT2D eigenvalue weighted by atomic mass is 9.93. The van der Waals surface area contributed by atoms with E-state index in [1.54, 1.807) is 18.2 Å². The van der Waals surface area contributed by atoms with Gasteiger partial charge in [-0.1, -0.05) is 18.2 Å². The van der Waals surface area contributed by atoms with E-state index in [1.165, 1.54) is 0 Å². The first kappa shape index (κ1) is 12.3. The quantitative estimate of drug-likeness (QED) is 0.821. The van der Waals surface area contributed by atoms with Crippen LogP contribution in [0.25, 0.3) is 5.57 Å². The molecule has 0 unspecified atom stereocenters. The molecule has 2 aromatic carbocycles. The summed E-state index contributed by atoms with van der Waals surface area (Å²) >= 11 is 0. The second-order valence-corrected chi connectivity index (χ2v) is 4.53. The van der Waals surface area contributed by atoms with E-state index in [2.05, 4.69) is 0 Å². The highest BCUT2D eigenvalue weighted by Crippen LogP contribution is 2.36. The summed E-state index contributed by atoms with van der Waals surface area (Å²) in [7, 11) is 0. The average molecular weight is 267 g/mol. The Hall–Kier alpha value is -2.75. The van der Waals surface area contributed by atoms with Gasteiger partial charge in [-0.05, 0) is 35.9 Å². The van der Waals surface area contributed by atoms with Gasteiger partial charge in [0.15, 0.2) is 0 Å². The minimum Gasteiger partial charge on any atom is -0.489 e. The van der Waals surface area contributed by atoms with Crippen LogP contribution in [-0.2, 0) is 0 Å². The highest BCUT2D eigenvalue weighted by atomic mass is 16.5. The predicted molar refractivity (Wildman–Crippen MR) is 76.8 cm³/mol. The van der Waals surface area contributed by atoms with Gasteiger partial charge in [-0.2, -0.15) is 0 Å². The minimum atomic E-state index is -0.959. The highest BCUT2D eigenvalue weighted by molar-refractivity contribution is 5.93. The molecule has 4 nitrogen and oxygen atoms in total. The number of fused-ring (bicyclic) bond motifs is 1. The van der Waals surface area contributed by atoms with Crippen LogP contribution in [-0.4, -0.2) is 17.7 Å². The van der Waals surface area contributed by atoms with Gasteiger partial charge in [0.1, 0.15) is 12.4 Å². The summed E-state index contributed by atoms with van der Waals surface area (Å²) in [5.41, 5.74) is 9.46. The Balaban J connectivity index is 2.17. The standard InChI is InChI=1S/C16H13NO3/c17-14-4-2-1-3-12(14)11-7-8-20-15-6-5-10(16(18)19)9-13(11)15/h1-7,9H,8,17H2,(H,18,19). The molecule has 100 valence electrons. The van der Waals surface area contributed by atoms with Crippen molar-refractivity contribution in [2.75, 3.05) is 12.3 Å². The topological polar surface area (TPSA) is 72.5 Å². The number of hydrogen-bond acceptors (Lipinski definition) is 3. The molecule has 0 fully saturated rings. The molecule has 4 heteroatoms. The maximum Gasteiger partial charge on any atom is 0.335 e. The molecule has 20 heavy (non-hydrogen) atoms. The fraction of sp³-hybridized carbons (Fsp3) is 0.0625. The number of ether oxygens (including phenoxy) is 1. The molecular weight excluding hydrogens is 254 g/mol. The van der Waals surface area contributed by atoms with Gasteiger partial charge >= 0.3 is 5.97 Å². The number of nitrogen functional groups attached to an aromatic ring is 1. The van der Waals surface area contributed by atoms with E-state index in [4.69, 9.17) is 15.6 Å². The number of para-hydroxylation sites is 1. The third-order valence-electron chi connectivity index (χ3n) is 3.29. The summed E-state index contributed by atoms with van der Waals surface area (Å²) in [5.74, 6) is -0.283. The summed E-state index contributed by atoms with van der Waals surface area (Å²) in [5, 5.41) is 9.11. The first-order valence-electron chi connectivity index (χ1n) is 6.22. The van der Waals surface area contributed by atoms with Crippen molar-refractivity contribution < 1.29 is 14.6 Å². The van der Waals surface area contributed by atoms with E-state index >= 15 is 0 Å². The van der Waals surface area contributed by atoms with Crippen molar-refractivity contribution in [3.63, 3.8) is 0 Å². The molecule has 0 amide bonds. The Labute approximate surface area is 116 Å². The van der Waals surface area contributed by atoms with Gasteiger partial charge in [-0.3, -0.25) is 0 Å². The average Bonchev–Trinajstić information content (AvgIpc) is 2.46. The van der Waals surface area contributed by atoms with Crippen molar-refractivity contribution >= 4 is 17.2 Å². The van der Waals surface area contributed by atoms with Crippen molar-refractivity contribution in [3.8, 4) is 5.75 Å². The van der Waals surface area contributed by atoms with Gasteiger partial charge in [-0.15, -0.1) is 0 Å². The fourth-order valence-electron chi connectivity index (χ4n) is 2.32. The van der Waals surface area contributed by atoms with E-state index in [0.29, 0.717) is 18.0 Å². The molecule has 0 spiro atoms. The van der Waals surface area contributed by atoms with Crippen molar-refractivity contribution in [1.82, 2.24) is 0 Å². The molecule has 1 aliphatic rings.